The van der Waals surface area contributed by atoms with Crippen molar-refractivity contribution in [2.24, 2.45) is 0 Å². The Morgan fingerprint density at radius 2 is 1.60 bits per heavy atom. The summed E-state index contributed by atoms with van der Waals surface area (Å²) in [5, 5.41) is 0. The Balaban J connectivity index is 0. The molecule has 0 bridgehead atoms. The first kappa shape index (κ1) is 10.2. The van der Waals surface area contributed by atoms with E-state index in [2.05, 4.69) is 38.6 Å². The van der Waals surface area contributed by atoms with Crippen LogP contribution in [-0.2, 0) is 0 Å². The fourth-order valence-corrected chi connectivity index (χ4v) is 0.955. The molecule has 0 N–H and O–H groups in total. The molecule has 0 aliphatic heterocycles. The van der Waals surface area contributed by atoms with E-state index in [1.165, 1.54) is 11.1 Å². The first-order valence-electron chi connectivity index (χ1n) is 2.97. The number of benzene rings is 1. The SMILES string of the molecule is Cc1cccc(C)c1S.[H-].[Li+]. The van der Waals surface area contributed by atoms with E-state index < -0.39 is 0 Å². The predicted molar refractivity (Wildman–Crippen MR) is 44.3 cm³/mol. The minimum Gasteiger partial charge on any atom is -1.00 e. The molecule has 1 aromatic rings. The van der Waals surface area contributed by atoms with Crippen molar-refractivity contribution in [1.29, 1.82) is 0 Å². The number of aryl methyl sites for hydroxylation is 2. The number of hydrogen-bond donors (Lipinski definition) is 1. The van der Waals surface area contributed by atoms with E-state index in [1.807, 2.05) is 6.07 Å². The molecule has 0 saturated heterocycles. The fraction of sp³-hybridized carbons (Fsp3) is 0.250. The van der Waals surface area contributed by atoms with Crippen LogP contribution in [0.15, 0.2) is 23.1 Å². The van der Waals surface area contributed by atoms with E-state index >= 15 is 0 Å². The molecule has 1 rings (SSSR count). The maximum absolute atomic E-state index is 4.31. The number of thiol groups is 1. The van der Waals surface area contributed by atoms with Gasteiger partial charge in [0.05, 0.1) is 0 Å². The van der Waals surface area contributed by atoms with Crippen LogP contribution < -0.4 is 18.9 Å². The summed E-state index contributed by atoms with van der Waals surface area (Å²) >= 11 is 4.31. The van der Waals surface area contributed by atoms with Crippen LogP contribution in [-0.4, -0.2) is 0 Å². The summed E-state index contributed by atoms with van der Waals surface area (Å²) in [6.45, 7) is 4.13. The molecule has 0 aromatic heterocycles. The zero-order chi connectivity index (χ0) is 6.85. The largest absolute Gasteiger partial charge is 1.00 e. The first-order chi connectivity index (χ1) is 4.22. The van der Waals surface area contributed by atoms with Crippen LogP contribution in [0, 0.1) is 13.8 Å². The van der Waals surface area contributed by atoms with Crippen molar-refractivity contribution in [2.45, 2.75) is 18.7 Å². The minimum atomic E-state index is 0. The average molecular weight is 146 g/mol. The summed E-state index contributed by atoms with van der Waals surface area (Å²) < 4.78 is 0. The Hall–Kier alpha value is 0.167. The van der Waals surface area contributed by atoms with Gasteiger partial charge in [-0.25, -0.2) is 0 Å². The van der Waals surface area contributed by atoms with E-state index in [1.54, 1.807) is 0 Å². The molecule has 0 saturated carbocycles. The topological polar surface area (TPSA) is 0 Å². The fourth-order valence-electron chi connectivity index (χ4n) is 0.806. The molecule has 50 valence electrons. The average Bonchev–Trinajstić information content (AvgIpc) is 1.83. The monoisotopic (exact) mass is 146 g/mol. The van der Waals surface area contributed by atoms with Gasteiger partial charge in [-0.15, -0.1) is 12.6 Å². The van der Waals surface area contributed by atoms with Crippen molar-refractivity contribution in [3.63, 3.8) is 0 Å². The van der Waals surface area contributed by atoms with E-state index in [-0.39, 0.29) is 20.3 Å². The molecule has 0 fully saturated rings. The van der Waals surface area contributed by atoms with Gasteiger partial charge in [-0.3, -0.25) is 0 Å². The standard InChI is InChI=1S/C8H10S.Li.H/c1-6-4-3-5-7(2)8(6)9;;/h3-5,9H,1-2H3;;/q;+1;-1. The minimum absolute atomic E-state index is 0. The summed E-state index contributed by atoms with van der Waals surface area (Å²) in [6.07, 6.45) is 0. The zero-order valence-corrected chi connectivity index (χ0v) is 7.57. The molecule has 0 amide bonds. The van der Waals surface area contributed by atoms with Gasteiger partial charge in [0.2, 0.25) is 0 Å². The molecular weight excluding hydrogens is 135 g/mol. The number of rotatable bonds is 0. The van der Waals surface area contributed by atoms with E-state index in [0.717, 1.165) is 4.90 Å². The smallest absolute Gasteiger partial charge is 1.00 e. The van der Waals surface area contributed by atoms with Crippen molar-refractivity contribution in [1.82, 2.24) is 0 Å². The second kappa shape index (κ2) is 4.13. The Morgan fingerprint density at radius 1 is 1.20 bits per heavy atom. The maximum atomic E-state index is 4.31. The van der Waals surface area contributed by atoms with E-state index in [9.17, 15) is 0 Å². The summed E-state index contributed by atoms with van der Waals surface area (Å²) in [5.74, 6) is 0. The van der Waals surface area contributed by atoms with E-state index in [0.29, 0.717) is 0 Å². The van der Waals surface area contributed by atoms with Crippen LogP contribution in [0.3, 0.4) is 0 Å². The number of hydrogen-bond acceptors (Lipinski definition) is 1. The molecule has 10 heavy (non-hydrogen) atoms. The molecule has 0 nitrogen and oxygen atoms in total. The third kappa shape index (κ3) is 2.09. The molecule has 0 unspecified atom stereocenters. The van der Waals surface area contributed by atoms with Crippen molar-refractivity contribution >= 4 is 12.6 Å². The maximum Gasteiger partial charge on any atom is 1.00 e. The molecule has 0 aliphatic carbocycles. The van der Waals surface area contributed by atoms with Crippen molar-refractivity contribution < 1.29 is 20.3 Å². The third-order valence-electron chi connectivity index (χ3n) is 1.44. The van der Waals surface area contributed by atoms with Gasteiger partial charge >= 0.3 is 18.9 Å². The van der Waals surface area contributed by atoms with Crippen LogP contribution >= 0.6 is 12.6 Å². The summed E-state index contributed by atoms with van der Waals surface area (Å²) in [5.41, 5.74) is 2.50. The van der Waals surface area contributed by atoms with Crippen molar-refractivity contribution in [3.05, 3.63) is 29.3 Å². The van der Waals surface area contributed by atoms with Crippen LogP contribution in [0.1, 0.15) is 12.6 Å². The Kier molecular flexibility index (Phi) is 4.20. The van der Waals surface area contributed by atoms with Gasteiger partial charge in [0.15, 0.2) is 0 Å². The Morgan fingerprint density at radius 3 is 1.90 bits per heavy atom. The molecule has 0 aliphatic rings. The van der Waals surface area contributed by atoms with Crippen molar-refractivity contribution in [3.8, 4) is 0 Å². The second-order valence-corrected chi connectivity index (χ2v) is 2.69. The Bertz CT molecular complexity index is 205. The Labute approximate surface area is 81.1 Å². The molecular formula is C8H11LiS. The molecule has 0 spiro atoms. The quantitative estimate of drug-likeness (QED) is 0.377. The second-order valence-electron chi connectivity index (χ2n) is 2.24. The zero-order valence-electron chi connectivity index (χ0n) is 7.68. The molecule has 0 atom stereocenters. The van der Waals surface area contributed by atoms with Gasteiger partial charge in [-0.05, 0) is 25.0 Å². The summed E-state index contributed by atoms with van der Waals surface area (Å²) in [4.78, 5) is 1.11. The van der Waals surface area contributed by atoms with Crippen LogP contribution in [0.5, 0.6) is 0 Å². The molecule has 1 aromatic carbocycles. The van der Waals surface area contributed by atoms with Gasteiger partial charge in [0.1, 0.15) is 0 Å². The van der Waals surface area contributed by atoms with Gasteiger partial charge in [0, 0.05) is 4.90 Å². The van der Waals surface area contributed by atoms with Crippen LogP contribution in [0.2, 0.25) is 0 Å². The van der Waals surface area contributed by atoms with Gasteiger partial charge < -0.3 is 1.43 Å². The summed E-state index contributed by atoms with van der Waals surface area (Å²) in [6, 6.07) is 6.18. The first-order valence-corrected chi connectivity index (χ1v) is 3.41. The molecule has 2 heteroatoms. The molecule has 0 heterocycles. The van der Waals surface area contributed by atoms with Crippen molar-refractivity contribution in [2.75, 3.05) is 0 Å². The molecule has 0 radical (unpaired) electrons. The summed E-state index contributed by atoms with van der Waals surface area (Å²) in [7, 11) is 0. The van der Waals surface area contributed by atoms with Crippen LogP contribution in [0.25, 0.3) is 0 Å². The third-order valence-corrected chi connectivity index (χ3v) is 2.14. The van der Waals surface area contributed by atoms with Gasteiger partial charge in [-0.2, -0.15) is 0 Å². The predicted octanol–water partition coefficient (Wildman–Crippen LogP) is -0.291. The van der Waals surface area contributed by atoms with Crippen LogP contribution in [0.4, 0.5) is 0 Å². The van der Waals surface area contributed by atoms with Gasteiger partial charge in [-0.1, -0.05) is 18.2 Å². The van der Waals surface area contributed by atoms with Gasteiger partial charge in [0.25, 0.3) is 0 Å². The van der Waals surface area contributed by atoms with E-state index in [4.69, 9.17) is 0 Å². The normalized spacial score (nSPS) is 8.70.